The van der Waals surface area contributed by atoms with Crippen LogP contribution >= 0.6 is 0 Å². The number of nitrogens with two attached hydrogens (primary N) is 1. The molecule has 0 saturated heterocycles. The third kappa shape index (κ3) is 3.22. The lowest BCUT2D eigenvalue weighted by Gasteiger charge is -2.22. The number of pyridine rings is 1. The van der Waals surface area contributed by atoms with Crippen molar-refractivity contribution in [3.8, 4) is 0 Å². The average molecular weight is 220 g/mol. The third-order valence-corrected chi connectivity index (χ3v) is 2.75. The van der Waals surface area contributed by atoms with Gasteiger partial charge in [0.2, 0.25) is 0 Å². The molecule has 0 radical (unpaired) electrons. The molecule has 4 nitrogen and oxygen atoms in total. The van der Waals surface area contributed by atoms with Crippen LogP contribution in [0.4, 0.5) is 5.69 Å². The number of aromatic nitrogens is 1. The van der Waals surface area contributed by atoms with Crippen LogP contribution in [0.25, 0.3) is 0 Å². The van der Waals surface area contributed by atoms with Crippen molar-refractivity contribution in [3.63, 3.8) is 0 Å². The number of hydrogen-bond donors (Lipinski definition) is 2. The van der Waals surface area contributed by atoms with Gasteiger partial charge in [0, 0.05) is 13.6 Å². The number of nitrogen functional groups attached to an aromatic ring is 1. The zero-order valence-electron chi connectivity index (χ0n) is 10.2. The summed E-state index contributed by atoms with van der Waals surface area (Å²) in [4.78, 5) is 6.31. The second-order valence-electron chi connectivity index (χ2n) is 4.21. The van der Waals surface area contributed by atoms with Crippen molar-refractivity contribution in [3.05, 3.63) is 24.0 Å². The fourth-order valence-electron chi connectivity index (χ4n) is 1.47. The maximum Gasteiger partial charge on any atom is 0.141 e. The number of nitrogens with one attached hydrogen (secondary N) is 1. The first kappa shape index (κ1) is 12.5. The van der Waals surface area contributed by atoms with Crippen molar-refractivity contribution < 1.29 is 0 Å². The molecule has 0 aliphatic heterocycles. The first-order chi connectivity index (χ1) is 7.54. The van der Waals surface area contributed by atoms with E-state index in [9.17, 15) is 0 Å². The van der Waals surface area contributed by atoms with E-state index in [0.717, 1.165) is 12.2 Å². The summed E-state index contributed by atoms with van der Waals surface area (Å²) in [5.74, 6) is 0.675. The van der Waals surface area contributed by atoms with E-state index in [-0.39, 0.29) is 5.84 Å². The Balaban J connectivity index is 2.70. The highest BCUT2D eigenvalue weighted by atomic mass is 15.1. The van der Waals surface area contributed by atoms with Crippen LogP contribution in [0, 0.1) is 11.3 Å². The maximum atomic E-state index is 7.26. The van der Waals surface area contributed by atoms with E-state index in [2.05, 4.69) is 30.8 Å². The quantitative estimate of drug-likeness (QED) is 0.588. The van der Waals surface area contributed by atoms with Crippen LogP contribution < -0.4 is 10.6 Å². The molecule has 0 saturated carbocycles. The smallest absolute Gasteiger partial charge is 0.141 e. The minimum atomic E-state index is 0.0103. The van der Waals surface area contributed by atoms with Gasteiger partial charge in [-0.2, -0.15) is 0 Å². The van der Waals surface area contributed by atoms with Gasteiger partial charge in [0.25, 0.3) is 0 Å². The maximum absolute atomic E-state index is 7.26. The molecule has 0 aliphatic carbocycles. The van der Waals surface area contributed by atoms with Crippen LogP contribution in [-0.2, 0) is 0 Å². The SMILES string of the molecule is CCC(C)CN(C)c1ccc(C(=N)N)nc1. The second kappa shape index (κ2) is 5.49. The summed E-state index contributed by atoms with van der Waals surface area (Å²) in [6, 6.07) is 3.73. The number of nitrogens with zero attached hydrogens (tertiary/aromatic N) is 2. The second-order valence-corrected chi connectivity index (χ2v) is 4.21. The highest BCUT2D eigenvalue weighted by molar-refractivity contribution is 5.93. The average Bonchev–Trinajstić information content (AvgIpc) is 2.28. The molecule has 1 aromatic heterocycles. The van der Waals surface area contributed by atoms with Gasteiger partial charge in [0.05, 0.1) is 11.9 Å². The van der Waals surface area contributed by atoms with Crippen molar-refractivity contribution >= 4 is 11.5 Å². The summed E-state index contributed by atoms with van der Waals surface area (Å²) in [6.07, 6.45) is 2.93. The molecule has 0 amide bonds. The van der Waals surface area contributed by atoms with E-state index < -0.39 is 0 Å². The van der Waals surface area contributed by atoms with Crippen molar-refractivity contribution in [2.75, 3.05) is 18.5 Å². The molecule has 0 spiro atoms. The Morgan fingerprint density at radius 2 is 2.25 bits per heavy atom. The molecule has 4 heteroatoms. The fraction of sp³-hybridized carbons (Fsp3) is 0.500. The van der Waals surface area contributed by atoms with Gasteiger partial charge < -0.3 is 10.6 Å². The lowest BCUT2D eigenvalue weighted by Crippen LogP contribution is -2.24. The van der Waals surface area contributed by atoms with Crippen LogP contribution in [0.2, 0.25) is 0 Å². The Hall–Kier alpha value is -1.58. The van der Waals surface area contributed by atoms with E-state index in [0.29, 0.717) is 11.6 Å². The van der Waals surface area contributed by atoms with Gasteiger partial charge in [-0.05, 0) is 18.1 Å². The number of hydrogen-bond acceptors (Lipinski definition) is 3. The Morgan fingerprint density at radius 3 is 2.69 bits per heavy atom. The summed E-state index contributed by atoms with van der Waals surface area (Å²) in [5, 5.41) is 7.26. The van der Waals surface area contributed by atoms with Crippen LogP contribution in [-0.4, -0.2) is 24.4 Å². The van der Waals surface area contributed by atoms with Crippen LogP contribution in [0.5, 0.6) is 0 Å². The number of rotatable bonds is 5. The van der Waals surface area contributed by atoms with Gasteiger partial charge >= 0.3 is 0 Å². The Labute approximate surface area is 97.0 Å². The molecule has 0 aliphatic rings. The summed E-state index contributed by atoms with van der Waals surface area (Å²) >= 11 is 0. The lowest BCUT2D eigenvalue weighted by atomic mass is 10.1. The third-order valence-electron chi connectivity index (χ3n) is 2.75. The van der Waals surface area contributed by atoms with E-state index in [4.69, 9.17) is 11.1 Å². The van der Waals surface area contributed by atoms with Crippen molar-refractivity contribution in [1.29, 1.82) is 5.41 Å². The summed E-state index contributed by atoms with van der Waals surface area (Å²) < 4.78 is 0. The molecule has 3 N–H and O–H groups in total. The van der Waals surface area contributed by atoms with Gasteiger partial charge in [0.1, 0.15) is 11.5 Å². The lowest BCUT2D eigenvalue weighted by molar-refractivity contribution is 0.559. The Morgan fingerprint density at radius 1 is 1.56 bits per heavy atom. The molecule has 1 heterocycles. The Kier molecular flexibility index (Phi) is 4.28. The Bertz CT molecular complexity index is 345. The van der Waals surface area contributed by atoms with Crippen LogP contribution in [0.1, 0.15) is 26.0 Å². The molecule has 16 heavy (non-hydrogen) atoms. The zero-order chi connectivity index (χ0) is 12.1. The minimum Gasteiger partial charge on any atom is -0.382 e. The van der Waals surface area contributed by atoms with E-state index in [1.807, 2.05) is 6.07 Å². The molecular weight excluding hydrogens is 200 g/mol. The minimum absolute atomic E-state index is 0.0103. The number of anilines is 1. The van der Waals surface area contributed by atoms with E-state index >= 15 is 0 Å². The molecule has 1 unspecified atom stereocenters. The largest absolute Gasteiger partial charge is 0.382 e. The molecule has 0 fully saturated rings. The van der Waals surface area contributed by atoms with Gasteiger partial charge in [0.15, 0.2) is 0 Å². The molecule has 1 rings (SSSR count). The molecule has 1 aromatic rings. The van der Waals surface area contributed by atoms with Gasteiger partial charge in [-0.25, -0.2) is 0 Å². The highest BCUT2D eigenvalue weighted by Crippen LogP contribution is 2.14. The van der Waals surface area contributed by atoms with Gasteiger partial charge in [-0.3, -0.25) is 10.4 Å². The first-order valence-electron chi connectivity index (χ1n) is 5.56. The monoisotopic (exact) mass is 220 g/mol. The normalized spacial score (nSPS) is 12.2. The summed E-state index contributed by atoms with van der Waals surface area (Å²) in [6.45, 7) is 5.43. The fourth-order valence-corrected chi connectivity index (χ4v) is 1.47. The summed E-state index contributed by atoms with van der Waals surface area (Å²) in [7, 11) is 2.05. The summed E-state index contributed by atoms with van der Waals surface area (Å²) in [5.41, 5.74) is 6.94. The van der Waals surface area contributed by atoms with E-state index in [1.165, 1.54) is 6.42 Å². The van der Waals surface area contributed by atoms with Crippen molar-refractivity contribution in [2.45, 2.75) is 20.3 Å². The van der Waals surface area contributed by atoms with Crippen LogP contribution in [0.15, 0.2) is 18.3 Å². The zero-order valence-corrected chi connectivity index (χ0v) is 10.2. The standard InChI is InChI=1S/C12H20N4/c1-4-9(2)8-16(3)10-5-6-11(12(13)14)15-7-10/h5-7,9H,4,8H2,1-3H3,(H3,13,14). The predicted molar refractivity (Wildman–Crippen MR) is 68.0 cm³/mol. The molecule has 0 bridgehead atoms. The first-order valence-corrected chi connectivity index (χ1v) is 5.56. The van der Waals surface area contributed by atoms with Gasteiger partial charge in [-0.15, -0.1) is 0 Å². The molecule has 1 atom stereocenters. The molecule has 0 aromatic carbocycles. The van der Waals surface area contributed by atoms with Crippen LogP contribution in [0.3, 0.4) is 0 Å². The van der Waals surface area contributed by atoms with Gasteiger partial charge in [-0.1, -0.05) is 20.3 Å². The van der Waals surface area contributed by atoms with Crippen molar-refractivity contribution in [2.24, 2.45) is 11.7 Å². The molecule has 88 valence electrons. The highest BCUT2D eigenvalue weighted by Gasteiger charge is 2.06. The number of amidine groups is 1. The predicted octanol–water partition coefficient (Wildman–Crippen LogP) is 1.85. The molecular formula is C12H20N4. The van der Waals surface area contributed by atoms with Crippen molar-refractivity contribution in [1.82, 2.24) is 4.98 Å². The van der Waals surface area contributed by atoms with E-state index in [1.54, 1.807) is 12.3 Å². The topological polar surface area (TPSA) is 66.0 Å².